The molecule has 2 aliphatic rings. The average Bonchev–Trinajstić information content (AvgIpc) is 2.41. The summed E-state index contributed by atoms with van der Waals surface area (Å²) in [6, 6.07) is 0. The SMILES string of the molecule is COCC1(CN2CCN(CC(F)(F)F)CC2)CCNCC1. The Morgan fingerprint density at radius 3 is 2.14 bits per heavy atom. The lowest BCUT2D eigenvalue weighted by Crippen LogP contribution is -2.54. The van der Waals surface area contributed by atoms with Crippen LogP contribution in [0.2, 0.25) is 0 Å². The fourth-order valence-corrected chi connectivity index (χ4v) is 3.44. The Kier molecular flexibility index (Phi) is 5.88. The molecule has 2 rings (SSSR count). The van der Waals surface area contributed by atoms with Crippen molar-refractivity contribution in [2.75, 3.05) is 66.1 Å². The molecule has 0 unspecified atom stereocenters. The van der Waals surface area contributed by atoms with E-state index in [-0.39, 0.29) is 5.41 Å². The van der Waals surface area contributed by atoms with Crippen LogP contribution in [0, 0.1) is 5.41 Å². The van der Waals surface area contributed by atoms with E-state index in [1.165, 1.54) is 4.90 Å². The topological polar surface area (TPSA) is 27.7 Å². The number of nitrogens with one attached hydrogen (secondary N) is 1. The molecule has 0 saturated carbocycles. The van der Waals surface area contributed by atoms with Gasteiger partial charge >= 0.3 is 6.18 Å². The second-order valence-corrected chi connectivity index (χ2v) is 6.35. The van der Waals surface area contributed by atoms with Crippen molar-refractivity contribution in [1.29, 1.82) is 0 Å². The summed E-state index contributed by atoms with van der Waals surface area (Å²) in [6.45, 7) is 5.31. The lowest BCUT2D eigenvalue weighted by molar-refractivity contribution is -0.149. The maximum atomic E-state index is 12.4. The molecule has 0 aromatic rings. The summed E-state index contributed by atoms with van der Waals surface area (Å²) in [6.07, 6.45) is -1.94. The first-order valence-electron chi connectivity index (χ1n) is 7.64. The molecule has 0 aromatic carbocycles. The van der Waals surface area contributed by atoms with Gasteiger partial charge in [-0.3, -0.25) is 4.90 Å². The van der Waals surface area contributed by atoms with Crippen LogP contribution in [0.5, 0.6) is 0 Å². The third-order valence-corrected chi connectivity index (χ3v) is 4.54. The molecule has 0 aliphatic carbocycles. The van der Waals surface area contributed by atoms with Gasteiger partial charge in [0.05, 0.1) is 13.2 Å². The van der Waals surface area contributed by atoms with E-state index in [0.29, 0.717) is 13.1 Å². The van der Waals surface area contributed by atoms with E-state index in [2.05, 4.69) is 10.2 Å². The van der Waals surface area contributed by atoms with E-state index in [4.69, 9.17) is 4.74 Å². The molecule has 1 N–H and O–H groups in total. The minimum absolute atomic E-state index is 0.159. The number of halogens is 3. The van der Waals surface area contributed by atoms with E-state index in [1.807, 2.05) is 0 Å². The maximum Gasteiger partial charge on any atom is 0.401 e. The van der Waals surface area contributed by atoms with Gasteiger partial charge < -0.3 is 15.0 Å². The highest BCUT2D eigenvalue weighted by Gasteiger charge is 2.36. The van der Waals surface area contributed by atoms with Gasteiger partial charge in [0.1, 0.15) is 0 Å². The molecule has 0 bridgehead atoms. The Labute approximate surface area is 124 Å². The van der Waals surface area contributed by atoms with Gasteiger partial charge in [0.25, 0.3) is 0 Å². The molecule has 0 aromatic heterocycles. The first-order valence-corrected chi connectivity index (χ1v) is 7.64. The minimum Gasteiger partial charge on any atom is -0.384 e. The van der Waals surface area contributed by atoms with Crippen LogP contribution in [-0.4, -0.2) is 82.1 Å². The molecular formula is C14H26F3N3O. The van der Waals surface area contributed by atoms with Crippen LogP contribution in [-0.2, 0) is 4.74 Å². The van der Waals surface area contributed by atoms with Crippen LogP contribution in [0.1, 0.15) is 12.8 Å². The van der Waals surface area contributed by atoms with Crippen molar-refractivity contribution in [1.82, 2.24) is 15.1 Å². The number of alkyl halides is 3. The second kappa shape index (κ2) is 7.26. The Hall–Kier alpha value is -0.370. The van der Waals surface area contributed by atoms with Crippen LogP contribution in [0.15, 0.2) is 0 Å². The Morgan fingerprint density at radius 2 is 1.62 bits per heavy atom. The summed E-state index contributed by atoms with van der Waals surface area (Å²) < 4.78 is 42.6. The zero-order valence-corrected chi connectivity index (χ0v) is 12.7. The normalized spacial score (nSPS) is 25.1. The molecule has 7 heteroatoms. The van der Waals surface area contributed by atoms with Crippen LogP contribution in [0.25, 0.3) is 0 Å². The largest absolute Gasteiger partial charge is 0.401 e. The number of piperazine rings is 1. The molecule has 0 spiro atoms. The van der Waals surface area contributed by atoms with Gasteiger partial charge in [-0.1, -0.05) is 0 Å². The van der Waals surface area contributed by atoms with Gasteiger partial charge in [0, 0.05) is 45.2 Å². The fourth-order valence-electron chi connectivity index (χ4n) is 3.44. The van der Waals surface area contributed by atoms with Gasteiger partial charge in [0.15, 0.2) is 0 Å². The van der Waals surface area contributed by atoms with Gasteiger partial charge in [-0.25, -0.2) is 0 Å². The Balaban J connectivity index is 1.81. The van der Waals surface area contributed by atoms with E-state index < -0.39 is 12.7 Å². The Morgan fingerprint density at radius 1 is 1.05 bits per heavy atom. The molecule has 124 valence electrons. The van der Waals surface area contributed by atoms with Crippen LogP contribution in [0.3, 0.4) is 0 Å². The number of hydrogen-bond acceptors (Lipinski definition) is 4. The molecule has 2 fully saturated rings. The number of piperidine rings is 1. The van der Waals surface area contributed by atoms with Crippen molar-refractivity contribution in [3.8, 4) is 0 Å². The van der Waals surface area contributed by atoms with Crippen molar-refractivity contribution in [3.63, 3.8) is 0 Å². The van der Waals surface area contributed by atoms with E-state index >= 15 is 0 Å². The smallest absolute Gasteiger partial charge is 0.384 e. The highest BCUT2D eigenvalue weighted by atomic mass is 19.4. The van der Waals surface area contributed by atoms with E-state index in [0.717, 1.165) is 52.2 Å². The lowest BCUT2D eigenvalue weighted by atomic mass is 9.79. The maximum absolute atomic E-state index is 12.4. The van der Waals surface area contributed by atoms with Crippen LogP contribution < -0.4 is 5.32 Å². The van der Waals surface area contributed by atoms with Gasteiger partial charge in [-0.2, -0.15) is 13.2 Å². The number of ether oxygens (including phenoxy) is 1. The number of rotatable bonds is 5. The summed E-state index contributed by atoms with van der Waals surface area (Å²) in [7, 11) is 1.73. The molecule has 21 heavy (non-hydrogen) atoms. The monoisotopic (exact) mass is 309 g/mol. The quantitative estimate of drug-likeness (QED) is 0.825. The minimum atomic E-state index is -4.09. The standard InChI is InChI=1S/C14H26F3N3O/c1-21-12-13(2-4-18-5-3-13)10-19-6-8-20(9-7-19)11-14(15,16)17/h18H,2-12H2,1H3. The average molecular weight is 309 g/mol. The number of methoxy groups -OCH3 is 1. The van der Waals surface area contributed by atoms with Crippen molar-refractivity contribution in [3.05, 3.63) is 0 Å². The molecule has 4 nitrogen and oxygen atoms in total. The van der Waals surface area contributed by atoms with Gasteiger partial charge in [0.2, 0.25) is 0 Å². The molecule has 2 saturated heterocycles. The fraction of sp³-hybridized carbons (Fsp3) is 1.00. The van der Waals surface area contributed by atoms with Crippen molar-refractivity contribution >= 4 is 0 Å². The summed E-state index contributed by atoms with van der Waals surface area (Å²) in [5.41, 5.74) is 0.159. The first kappa shape index (κ1) is 17.0. The van der Waals surface area contributed by atoms with Crippen molar-refractivity contribution in [2.45, 2.75) is 19.0 Å². The molecule has 2 heterocycles. The molecule has 0 radical (unpaired) electrons. The third kappa shape index (κ3) is 5.39. The summed E-state index contributed by atoms with van der Waals surface area (Å²) in [5, 5.41) is 3.36. The van der Waals surface area contributed by atoms with E-state index in [1.54, 1.807) is 7.11 Å². The van der Waals surface area contributed by atoms with Crippen LogP contribution >= 0.6 is 0 Å². The Bertz CT molecular complexity index is 306. The van der Waals surface area contributed by atoms with Gasteiger partial charge in [-0.05, 0) is 25.9 Å². The first-order chi connectivity index (χ1) is 9.92. The van der Waals surface area contributed by atoms with Crippen LogP contribution in [0.4, 0.5) is 13.2 Å². The number of nitrogens with zero attached hydrogens (tertiary/aromatic N) is 2. The summed E-state index contributed by atoms with van der Waals surface area (Å²) in [5.74, 6) is 0. The second-order valence-electron chi connectivity index (χ2n) is 6.35. The third-order valence-electron chi connectivity index (χ3n) is 4.54. The molecular weight excluding hydrogens is 283 g/mol. The predicted octanol–water partition coefficient (Wildman–Crippen LogP) is 1.18. The molecule has 0 amide bonds. The predicted molar refractivity (Wildman–Crippen MR) is 75.3 cm³/mol. The summed E-state index contributed by atoms with van der Waals surface area (Å²) in [4.78, 5) is 3.80. The molecule has 2 aliphatic heterocycles. The van der Waals surface area contributed by atoms with Gasteiger partial charge in [-0.15, -0.1) is 0 Å². The van der Waals surface area contributed by atoms with E-state index in [9.17, 15) is 13.2 Å². The lowest BCUT2D eigenvalue weighted by Gasteiger charge is -2.43. The summed E-state index contributed by atoms with van der Waals surface area (Å²) >= 11 is 0. The highest BCUT2D eigenvalue weighted by Crippen LogP contribution is 2.30. The zero-order valence-electron chi connectivity index (χ0n) is 12.7. The van der Waals surface area contributed by atoms with Crippen molar-refractivity contribution in [2.24, 2.45) is 5.41 Å². The van der Waals surface area contributed by atoms with Crippen molar-refractivity contribution < 1.29 is 17.9 Å². The highest BCUT2D eigenvalue weighted by molar-refractivity contribution is 4.89. The zero-order chi connectivity index (χ0) is 15.3. The molecule has 0 atom stereocenters. The number of hydrogen-bond donors (Lipinski definition) is 1.